The topological polar surface area (TPSA) is 0 Å². The van der Waals surface area contributed by atoms with Crippen molar-refractivity contribution >= 4 is 0 Å². The summed E-state index contributed by atoms with van der Waals surface area (Å²) in [5.41, 5.74) is 2.69. The Balaban J connectivity index is 1.40. The number of benzene rings is 1. The van der Waals surface area contributed by atoms with Gasteiger partial charge in [-0.2, -0.15) is 0 Å². The first-order chi connectivity index (χ1) is 14.8. The van der Waals surface area contributed by atoms with Crippen LogP contribution in [-0.4, -0.2) is 0 Å². The van der Waals surface area contributed by atoms with Crippen LogP contribution in [0.15, 0.2) is 36.4 Å². The third kappa shape index (κ3) is 7.65. The Kier molecular flexibility index (Phi) is 10.1. The number of rotatable bonds is 8. The molecule has 0 amide bonds. The van der Waals surface area contributed by atoms with Gasteiger partial charge in [0, 0.05) is 5.56 Å². The van der Waals surface area contributed by atoms with Crippen LogP contribution in [0, 0.1) is 29.6 Å². The van der Waals surface area contributed by atoms with Crippen molar-refractivity contribution in [3.8, 4) is 11.8 Å². The van der Waals surface area contributed by atoms with Crippen molar-refractivity contribution in [2.24, 2.45) is 17.8 Å². The van der Waals surface area contributed by atoms with Gasteiger partial charge in [0.05, 0.1) is 0 Å². The highest BCUT2D eigenvalue weighted by Gasteiger charge is 2.22. The summed E-state index contributed by atoms with van der Waals surface area (Å²) in [4.78, 5) is 0. The van der Waals surface area contributed by atoms with Crippen LogP contribution in [0.2, 0.25) is 0 Å². The van der Waals surface area contributed by atoms with E-state index < -0.39 is 0 Å². The molecule has 2 fully saturated rings. The fourth-order valence-corrected chi connectivity index (χ4v) is 5.59. The molecule has 0 spiro atoms. The molecular weight excluding hydrogens is 360 g/mol. The molecule has 0 radical (unpaired) electrons. The Morgan fingerprint density at radius 2 is 1.33 bits per heavy atom. The number of unbranched alkanes of at least 4 members (excludes halogenated alkanes) is 2. The van der Waals surface area contributed by atoms with E-state index in [1.54, 1.807) is 0 Å². The van der Waals surface area contributed by atoms with Crippen molar-refractivity contribution < 1.29 is 0 Å². The van der Waals surface area contributed by atoms with E-state index in [-0.39, 0.29) is 0 Å². The quantitative estimate of drug-likeness (QED) is 0.379. The lowest BCUT2D eigenvalue weighted by atomic mass is 9.77. The van der Waals surface area contributed by atoms with E-state index in [9.17, 15) is 0 Å². The summed E-state index contributed by atoms with van der Waals surface area (Å²) in [5.74, 6) is 10.1. The fourth-order valence-electron chi connectivity index (χ4n) is 5.59. The normalized spacial score (nSPS) is 27.0. The van der Waals surface area contributed by atoms with Gasteiger partial charge in [0.1, 0.15) is 0 Å². The molecule has 0 aromatic heterocycles. The van der Waals surface area contributed by atoms with Crippen LogP contribution in [0.4, 0.5) is 0 Å². The minimum Gasteiger partial charge on any atom is -0.0730 e. The van der Waals surface area contributed by atoms with E-state index in [1.165, 1.54) is 95.5 Å². The van der Waals surface area contributed by atoms with Gasteiger partial charge >= 0.3 is 0 Å². The number of hydrogen-bond donors (Lipinski definition) is 0. The zero-order valence-electron chi connectivity index (χ0n) is 19.7. The molecule has 0 bridgehead atoms. The smallest absolute Gasteiger partial charge is 0.0249 e. The van der Waals surface area contributed by atoms with E-state index in [1.807, 2.05) is 0 Å². The molecule has 0 nitrogen and oxygen atoms in total. The lowest BCUT2D eigenvalue weighted by Gasteiger charge is -2.28. The van der Waals surface area contributed by atoms with Crippen LogP contribution in [0.1, 0.15) is 121 Å². The second kappa shape index (κ2) is 13.0. The van der Waals surface area contributed by atoms with Crippen LogP contribution in [0.5, 0.6) is 0 Å². The summed E-state index contributed by atoms with van der Waals surface area (Å²) in [5, 5.41) is 0. The molecule has 1 aromatic carbocycles. The van der Waals surface area contributed by atoms with Crippen LogP contribution < -0.4 is 0 Å². The third-order valence-corrected chi connectivity index (χ3v) is 7.72. The molecule has 3 rings (SSSR count). The summed E-state index contributed by atoms with van der Waals surface area (Å²) in [6, 6.07) is 9.14. The monoisotopic (exact) mass is 404 g/mol. The van der Waals surface area contributed by atoms with Crippen molar-refractivity contribution in [3.05, 3.63) is 47.5 Å². The van der Waals surface area contributed by atoms with Gasteiger partial charge in [0.2, 0.25) is 0 Å². The summed E-state index contributed by atoms with van der Waals surface area (Å²) in [6.45, 7) is 4.62. The maximum atomic E-state index is 3.34. The van der Waals surface area contributed by atoms with Crippen molar-refractivity contribution in [1.82, 2.24) is 0 Å². The van der Waals surface area contributed by atoms with Gasteiger partial charge in [-0.05, 0) is 98.8 Å². The molecule has 0 N–H and O–H groups in total. The number of hydrogen-bond acceptors (Lipinski definition) is 0. The van der Waals surface area contributed by atoms with Gasteiger partial charge < -0.3 is 0 Å². The van der Waals surface area contributed by atoms with Crippen LogP contribution >= 0.6 is 0 Å². The van der Waals surface area contributed by atoms with Crippen molar-refractivity contribution in [1.29, 1.82) is 0 Å². The Morgan fingerprint density at radius 3 is 1.90 bits per heavy atom. The van der Waals surface area contributed by atoms with E-state index >= 15 is 0 Å². The van der Waals surface area contributed by atoms with Crippen LogP contribution in [-0.2, 0) is 0 Å². The van der Waals surface area contributed by atoms with Crippen molar-refractivity contribution in [2.75, 3.05) is 0 Å². The maximum absolute atomic E-state index is 3.34. The zero-order chi connectivity index (χ0) is 21.0. The molecule has 0 saturated heterocycles. The molecule has 0 atom stereocenters. The minimum atomic E-state index is 0.756. The molecule has 0 heteroatoms. The molecule has 2 aliphatic carbocycles. The Morgan fingerprint density at radius 1 is 0.767 bits per heavy atom. The molecular formula is C30H44. The highest BCUT2D eigenvalue weighted by molar-refractivity contribution is 5.39. The molecule has 2 saturated carbocycles. The highest BCUT2D eigenvalue weighted by atomic mass is 14.3. The molecule has 0 aliphatic heterocycles. The second-order valence-electron chi connectivity index (χ2n) is 10.0. The summed E-state index contributed by atoms with van der Waals surface area (Å²) < 4.78 is 0. The van der Waals surface area contributed by atoms with Gasteiger partial charge in [-0.3, -0.25) is 0 Å². The average Bonchev–Trinajstić information content (AvgIpc) is 2.81. The summed E-state index contributed by atoms with van der Waals surface area (Å²) in [6.07, 6.45) is 24.1. The van der Waals surface area contributed by atoms with Gasteiger partial charge in [0.25, 0.3) is 0 Å². The second-order valence-corrected chi connectivity index (χ2v) is 10.0. The first-order valence-corrected chi connectivity index (χ1v) is 13.1. The molecule has 0 unspecified atom stereocenters. The minimum absolute atomic E-state index is 0.756. The average molecular weight is 405 g/mol. The predicted molar refractivity (Wildman–Crippen MR) is 132 cm³/mol. The maximum Gasteiger partial charge on any atom is 0.0249 e. The van der Waals surface area contributed by atoms with Crippen molar-refractivity contribution in [3.63, 3.8) is 0 Å². The van der Waals surface area contributed by atoms with Crippen molar-refractivity contribution in [2.45, 2.75) is 110 Å². The van der Waals surface area contributed by atoms with E-state index in [0.717, 1.165) is 29.2 Å². The van der Waals surface area contributed by atoms with E-state index in [2.05, 4.69) is 62.1 Å². The molecule has 0 heterocycles. The van der Waals surface area contributed by atoms with Gasteiger partial charge in [-0.1, -0.05) is 82.4 Å². The van der Waals surface area contributed by atoms with E-state index in [0.29, 0.717) is 0 Å². The predicted octanol–water partition coefficient (Wildman–Crippen LogP) is 9.05. The molecule has 30 heavy (non-hydrogen) atoms. The SMILES string of the molecule is CCCCC1CCC(C=CC#Cc2ccc(C3CCC(CCCC)CC3)cc2)CC1. The largest absolute Gasteiger partial charge is 0.0730 e. The van der Waals surface area contributed by atoms with Gasteiger partial charge in [0.15, 0.2) is 0 Å². The highest BCUT2D eigenvalue weighted by Crippen LogP contribution is 2.37. The lowest BCUT2D eigenvalue weighted by molar-refractivity contribution is 0.291. The van der Waals surface area contributed by atoms with Gasteiger partial charge in [-0.15, -0.1) is 0 Å². The Hall–Kier alpha value is -1.48. The van der Waals surface area contributed by atoms with Crippen LogP contribution in [0.3, 0.4) is 0 Å². The zero-order valence-corrected chi connectivity index (χ0v) is 19.7. The molecule has 164 valence electrons. The van der Waals surface area contributed by atoms with Crippen LogP contribution in [0.25, 0.3) is 0 Å². The lowest BCUT2D eigenvalue weighted by Crippen LogP contribution is -2.13. The summed E-state index contributed by atoms with van der Waals surface area (Å²) in [7, 11) is 0. The Labute approximate surface area is 186 Å². The summed E-state index contributed by atoms with van der Waals surface area (Å²) >= 11 is 0. The fraction of sp³-hybridized carbons (Fsp3) is 0.667. The first-order valence-electron chi connectivity index (χ1n) is 13.1. The van der Waals surface area contributed by atoms with Gasteiger partial charge in [-0.25, -0.2) is 0 Å². The number of allylic oxidation sites excluding steroid dienone is 2. The standard InChI is InChI=1S/C30H44/c1-3-5-9-25-13-15-27(16-14-25)11-7-8-12-28-19-23-30(24-20-28)29-21-17-26(18-22-29)10-6-4-2/h7,11,19-20,23-27,29H,3-6,9-10,13-18,21-22H2,1-2H3. The van der Waals surface area contributed by atoms with E-state index in [4.69, 9.17) is 0 Å². The molecule has 2 aliphatic rings. The molecule has 1 aromatic rings. The first kappa shape index (κ1) is 23.2. The Bertz CT molecular complexity index is 667. The third-order valence-electron chi connectivity index (χ3n) is 7.72.